The van der Waals surface area contributed by atoms with Crippen LogP contribution in [0.4, 0.5) is 4.39 Å². The molecular formula is C37H34FNO3. The standard InChI is InChI=1S/C37H34FNO3/c38-31-14-9-28(10-15-31)34-19-13-30-25-33(42-26-27-7-3-1-4-8-27)18-20-35(30)36(34)37(40)29-11-16-32(17-12-29)41-24-23-39-21-5-2-6-22-39/h1,3-4,7-20,25H,2,5-6,21-24,26H2. The molecule has 4 nitrogen and oxygen atoms in total. The van der Waals surface area contributed by atoms with E-state index in [2.05, 4.69) is 4.90 Å². The molecule has 0 spiro atoms. The van der Waals surface area contributed by atoms with E-state index in [-0.39, 0.29) is 11.6 Å². The van der Waals surface area contributed by atoms with Crippen LogP contribution in [-0.4, -0.2) is 36.9 Å². The number of carbonyl (C=O) groups excluding carboxylic acids is 1. The van der Waals surface area contributed by atoms with Crippen LogP contribution in [0.3, 0.4) is 0 Å². The average Bonchev–Trinajstić information content (AvgIpc) is 3.04. The van der Waals surface area contributed by atoms with Crippen molar-refractivity contribution in [2.24, 2.45) is 0 Å². The molecule has 5 aromatic rings. The van der Waals surface area contributed by atoms with E-state index in [4.69, 9.17) is 9.47 Å². The van der Waals surface area contributed by atoms with Crippen LogP contribution < -0.4 is 9.47 Å². The lowest BCUT2D eigenvalue weighted by molar-refractivity contribution is 0.104. The van der Waals surface area contributed by atoms with Crippen LogP contribution in [-0.2, 0) is 6.61 Å². The molecule has 0 saturated carbocycles. The predicted molar refractivity (Wildman–Crippen MR) is 166 cm³/mol. The van der Waals surface area contributed by atoms with Crippen molar-refractivity contribution in [2.45, 2.75) is 25.9 Å². The van der Waals surface area contributed by atoms with Crippen molar-refractivity contribution in [1.29, 1.82) is 0 Å². The number of benzene rings is 5. The van der Waals surface area contributed by atoms with Gasteiger partial charge in [0.15, 0.2) is 5.78 Å². The van der Waals surface area contributed by atoms with Gasteiger partial charge in [-0.25, -0.2) is 4.39 Å². The Morgan fingerprint density at radius 2 is 1.48 bits per heavy atom. The summed E-state index contributed by atoms with van der Waals surface area (Å²) in [4.78, 5) is 16.5. The normalized spacial score (nSPS) is 13.6. The number of likely N-dealkylation sites (tertiary alicyclic amines) is 1. The van der Waals surface area contributed by atoms with Gasteiger partial charge in [0.2, 0.25) is 0 Å². The first-order valence-electron chi connectivity index (χ1n) is 14.6. The lowest BCUT2D eigenvalue weighted by atomic mass is 9.89. The number of fused-ring (bicyclic) bond motifs is 1. The van der Waals surface area contributed by atoms with Crippen molar-refractivity contribution in [3.63, 3.8) is 0 Å². The van der Waals surface area contributed by atoms with E-state index in [1.807, 2.05) is 84.9 Å². The molecule has 1 fully saturated rings. The van der Waals surface area contributed by atoms with Crippen molar-refractivity contribution in [3.8, 4) is 22.6 Å². The van der Waals surface area contributed by atoms with Crippen LogP contribution >= 0.6 is 0 Å². The highest BCUT2D eigenvalue weighted by atomic mass is 19.1. The molecule has 1 heterocycles. The Morgan fingerprint density at radius 3 is 2.24 bits per heavy atom. The Labute approximate surface area is 246 Å². The molecule has 5 heteroatoms. The van der Waals surface area contributed by atoms with Crippen LogP contribution in [0.1, 0.15) is 40.7 Å². The molecule has 212 valence electrons. The number of hydrogen-bond donors (Lipinski definition) is 0. The third-order valence-electron chi connectivity index (χ3n) is 7.86. The molecule has 1 aliphatic rings. The topological polar surface area (TPSA) is 38.8 Å². The van der Waals surface area contributed by atoms with Gasteiger partial charge in [-0.1, -0.05) is 61.0 Å². The van der Waals surface area contributed by atoms with Gasteiger partial charge in [-0.2, -0.15) is 0 Å². The molecule has 42 heavy (non-hydrogen) atoms. The zero-order chi connectivity index (χ0) is 28.7. The molecule has 0 atom stereocenters. The number of ether oxygens (including phenoxy) is 2. The van der Waals surface area contributed by atoms with Gasteiger partial charge in [0.05, 0.1) is 0 Å². The number of nitrogens with zero attached hydrogens (tertiary/aromatic N) is 1. The lowest BCUT2D eigenvalue weighted by Crippen LogP contribution is -2.33. The quantitative estimate of drug-likeness (QED) is 0.161. The summed E-state index contributed by atoms with van der Waals surface area (Å²) in [6, 6.07) is 33.4. The molecule has 0 aromatic heterocycles. The van der Waals surface area contributed by atoms with Crippen LogP contribution in [0.15, 0.2) is 109 Å². The SMILES string of the molecule is O=C(c1ccc(OCCN2CCCCC2)cc1)c1c(-c2ccc(F)cc2)ccc2cc(OCc3ccccc3)ccc12. The largest absolute Gasteiger partial charge is 0.492 e. The van der Waals surface area contributed by atoms with Crippen LogP contribution in [0.5, 0.6) is 11.5 Å². The summed E-state index contributed by atoms with van der Waals surface area (Å²) < 4.78 is 25.8. The number of carbonyl (C=O) groups is 1. The van der Waals surface area contributed by atoms with Gasteiger partial charge < -0.3 is 9.47 Å². The third kappa shape index (κ3) is 6.53. The van der Waals surface area contributed by atoms with Crippen LogP contribution in [0.25, 0.3) is 21.9 Å². The van der Waals surface area contributed by atoms with E-state index in [0.29, 0.717) is 24.3 Å². The zero-order valence-corrected chi connectivity index (χ0v) is 23.6. The smallest absolute Gasteiger partial charge is 0.194 e. The van der Waals surface area contributed by atoms with Crippen molar-refractivity contribution < 1.29 is 18.7 Å². The third-order valence-corrected chi connectivity index (χ3v) is 7.86. The first-order valence-corrected chi connectivity index (χ1v) is 14.6. The molecule has 0 bridgehead atoms. The van der Waals surface area contributed by atoms with Crippen molar-refractivity contribution in [1.82, 2.24) is 4.90 Å². The molecule has 5 aromatic carbocycles. The summed E-state index contributed by atoms with van der Waals surface area (Å²) in [6.07, 6.45) is 3.83. The Kier molecular flexibility index (Phi) is 8.57. The number of hydrogen-bond acceptors (Lipinski definition) is 4. The summed E-state index contributed by atoms with van der Waals surface area (Å²) in [5.74, 6) is 1.06. The molecular weight excluding hydrogens is 525 g/mol. The van der Waals surface area contributed by atoms with Crippen molar-refractivity contribution in [2.75, 3.05) is 26.2 Å². The first-order chi connectivity index (χ1) is 20.6. The zero-order valence-electron chi connectivity index (χ0n) is 23.6. The average molecular weight is 560 g/mol. The second-order valence-electron chi connectivity index (χ2n) is 10.8. The maximum Gasteiger partial charge on any atom is 0.194 e. The van der Waals surface area contributed by atoms with Crippen LogP contribution in [0.2, 0.25) is 0 Å². The van der Waals surface area contributed by atoms with E-state index in [0.717, 1.165) is 58.6 Å². The maximum atomic E-state index is 14.1. The fraction of sp³-hybridized carbons (Fsp3) is 0.216. The molecule has 0 unspecified atom stereocenters. The number of rotatable bonds is 10. The van der Waals surface area contributed by atoms with E-state index >= 15 is 0 Å². The molecule has 0 N–H and O–H groups in total. The molecule has 6 rings (SSSR count). The number of ketones is 1. The van der Waals surface area contributed by atoms with Gasteiger partial charge in [-0.15, -0.1) is 0 Å². The Morgan fingerprint density at radius 1 is 0.738 bits per heavy atom. The summed E-state index contributed by atoms with van der Waals surface area (Å²) in [5.41, 5.74) is 3.77. The van der Waals surface area contributed by atoms with Gasteiger partial charge in [0.1, 0.15) is 30.5 Å². The molecule has 1 aliphatic heterocycles. The summed E-state index contributed by atoms with van der Waals surface area (Å²) in [7, 11) is 0. The van der Waals surface area contributed by atoms with E-state index in [1.54, 1.807) is 12.1 Å². The fourth-order valence-corrected chi connectivity index (χ4v) is 5.58. The number of piperidine rings is 1. The fourth-order valence-electron chi connectivity index (χ4n) is 5.58. The highest BCUT2D eigenvalue weighted by Crippen LogP contribution is 2.34. The first kappa shape index (κ1) is 27.7. The monoisotopic (exact) mass is 559 g/mol. The minimum atomic E-state index is -0.316. The second kappa shape index (κ2) is 13.0. The number of halogens is 1. The Balaban J connectivity index is 1.27. The van der Waals surface area contributed by atoms with Crippen molar-refractivity contribution in [3.05, 3.63) is 132 Å². The Bertz CT molecular complexity index is 1640. The molecule has 1 saturated heterocycles. The predicted octanol–water partition coefficient (Wildman–Crippen LogP) is 8.32. The van der Waals surface area contributed by atoms with Gasteiger partial charge in [0, 0.05) is 17.7 Å². The Hall–Kier alpha value is -4.48. The summed E-state index contributed by atoms with van der Waals surface area (Å²) >= 11 is 0. The highest BCUT2D eigenvalue weighted by Gasteiger charge is 2.19. The van der Waals surface area contributed by atoms with Gasteiger partial charge >= 0.3 is 0 Å². The summed E-state index contributed by atoms with van der Waals surface area (Å²) in [5, 5.41) is 1.71. The second-order valence-corrected chi connectivity index (χ2v) is 10.8. The molecule has 0 amide bonds. The van der Waals surface area contributed by atoms with Gasteiger partial charge in [-0.05, 0) is 108 Å². The van der Waals surface area contributed by atoms with Gasteiger partial charge in [-0.3, -0.25) is 9.69 Å². The molecule has 0 aliphatic carbocycles. The molecule has 0 radical (unpaired) electrons. The van der Waals surface area contributed by atoms with E-state index in [9.17, 15) is 9.18 Å². The van der Waals surface area contributed by atoms with E-state index in [1.165, 1.54) is 31.4 Å². The highest BCUT2D eigenvalue weighted by molar-refractivity contribution is 6.20. The van der Waals surface area contributed by atoms with Crippen LogP contribution in [0, 0.1) is 5.82 Å². The van der Waals surface area contributed by atoms with Crippen molar-refractivity contribution >= 4 is 16.6 Å². The minimum Gasteiger partial charge on any atom is -0.492 e. The van der Waals surface area contributed by atoms with Gasteiger partial charge in [0.25, 0.3) is 0 Å². The maximum absolute atomic E-state index is 14.1. The van der Waals surface area contributed by atoms with E-state index < -0.39 is 0 Å². The summed E-state index contributed by atoms with van der Waals surface area (Å²) in [6.45, 7) is 4.27. The lowest BCUT2D eigenvalue weighted by Gasteiger charge is -2.26. The minimum absolute atomic E-state index is 0.0993.